The average Bonchev–Trinajstić information content (AvgIpc) is 2.87. The smallest absolute Gasteiger partial charge is 0.337 e. The number of carbonyl (C=O) groups is 3. The first-order chi connectivity index (χ1) is 11.8. The number of carbonyl (C=O) groups excluding carboxylic acids is 2. The fourth-order valence-corrected chi connectivity index (χ4v) is 2.96. The van der Waals surface area contributed by atoms with E-state index < -0.39 is 17.1 Å². The van der Waals surface area contributed by atoms with Gasteiger partial charge in [-0.05, 0) is 32.9 Å². The number of carboxylic acid groups (broad SMARTS) is 1. The third-order valence-corrected chi connectivity index (χ3v) is 4.24. The van der Waals surface area contributed by atoms with E-state index in [0.29, 0.717) is 5.17 Å². The molecule has 0 spiro atoms. The number of anilines is 1. The van der Waals surface area contributed by atoms with Crippen molar-refractivity contribution in [2.75, 3.05) is 5.32 Å². The topological polar surface area (TPSA) is 120 Å². The van der Waals surface area contributed by atoms with Gasteiger partial charge in [0.15, 0.2) is 5.17 Å². The SMILES string of the molecule is CC(C)=N/N=C1\NC(=O)C(CC(=O)Nc2ccc(C)cc2C(=O)O)S1. The molecule has 0 aromatic heterocycles. The third kappa shape index (κ3) is 5.15. The first-order valence-electron chi connectivity index (χ1n) is 7.46. The number of aryl methyl sites for hydroxylation is 1. The fraction of sp³-hybridized carbons (Fsp3) is 0.312. The van der Waals surface area contributed by atoms with Crippen LogP contribution in [-0.2, 0) is 9.59 Å². The van der Waals surface area contributed by atoms with Gasteiger partial charge in [-0.2, -0.15) is 5.10 Å². The minimum absolute atomic E-state index is 0.00638. The second-order valence-electron chi connectivity index (χ2n) is 5.65. The van der Waals surface area contributed by atoms with Crippen LogP contribution in [0.2, 0.25) is 0 Å². The lowest BCUT2D eigenvalue weighted by molar-refractivity contribution is -0.122. The van der Waals surface area contributed by atoms with Crippen LogP contribution in [0.15, 0.2) is 28.4 Å². The summed E-state index contributed by atoms with van der Waals surface area (Å²) >= 11 is 1.12. The number of thioether (sulfide) groups is 1. The molecule has 1 aliphatic heterocycles. The average molecular weight is 362 g/mol. The molecule has 0 radical (unpaired) electrons. The number of amidine groups is 1. The lowest BCUT2D eigenvalue weighted by Crippen LogP contribution is -2.28. The number of hydrogen-bond acceptors (Lipinski definition) is 6. The zero-order valence-corrected chi connectivity index (χ0v) is 14.8. The molecule has 1 aromatic carbocycles. The van der Waals surface area contributed by atoms with E-state index in [-0.39, 0.29) is 23.6 Å². The van der Waals surface area contributed by atoms with Crippen molar-refractivity contribution in [1.82, 2.24) is 5.32 Å². The number of nitrogens with zero attached hydrogens (tertiary/aromatic N) is 2. The number of rotatable bonds is 5. The fourth-order valence-electron chi connectivity index (χ4n) is 2.05. The Morgan fingerprint density at radius 2 is 2.08 bits per heavy atom. The van der Waals surface area contributed by atoms with Gasteiger partial charge in [-0.25, -0.2) is 4.79 Å². The summed E-state index contributed by atoms with van der Waals surface area (Å²) in [6, 6.07) is 4.71. The van der Waals surface area contributed by atoms with Crippen molar-refractivity contribution >= 4 is 46.1 Å². The minimum atomic E-state index is -1.13. The molecule has 1 heterocycles. The summed E-state index contributed by atoms with van der Waals surface area (Å²) in [4.78, 5) is 35.4. The van der Waals surface area contributed by atoms with E-state index >= 15 is 0 Å². The number of aromatic carboxylic acids is 1. The largest absolute Gasteiger partial charge is 0.478 e. The van der Waals surface area contributed by atoms with Crippen LogP contribution in [0.1, 0.15) is 36.2 Å². The zero-order valence-electron chi connectivity index (χ0n) is 14.0. The Balaban J connectivity index is 2.04. The molecule has 9 heteroatoms. The van der Waals surface area contributed by atoms with Crippen LogP contribution < -0.4 is 10.6 Å². The van der Waals surface area contributed by atoms with Crippen LogP contribution in [0.5, 0.6) is 0 Å². The van der Waals surface area contributed by atoms with E-state index in [2.05, 4.69) is 20.8 Å². The molecule has 1 saturated heterocycles. The molecule has 8 nitrogen and oxygen atoms in total. The van der Waals surface area contributed by atoms with Crippen molar-refractivity contribution < 1.29 is 19.5 Å². The predicted molar refractivity (Wildman–Crippen MR) is 97.1 cm³/mol. The van der Waals surface area contributed by atoms with Crippen LogP contribution in [0.25, 0.3) is 0 Å². The highest BCUT2D eigenvalue weighted by atomic mass is 32.2. The highest BCUT2D eigenvalue weighted by Gasteiger charge is 2.32. The second-order valence-corrected chi connectivity index (χ2v) is 6.85. The van der Waals surface area contributed by atoms with E-state index in [1.807, 2.05) is 0 Å². The Kier molecular flexibility index (Phi) is 5.92. The van der Waals surface area contributed by atoms with Gasteiger partial charge < -0.3 is 15.7 Å². The van der Waals surface area contributed by atoms with Gasteiger partial charge in [0.25, 0.3) is 0 Å². The maximum absolute atomic E-state index is 12.2. The molecular weight excluding hydrogens is 344 g/mol. The van der Waals surface area contributed by atoms with Crippen molar-refractivity contribution in [1.29, 1.82) is 0 Å². The summed E-state index contributed by atoms with van der Waals surface area (Å²) in [5, 5.41) is 21.8. The molecule has 1 atom stereocenters. The summed E-state index contributed by atoms with van der Waals surface area (Å²) in [6.45, 7) is 5.31. The van der Waals surface area contributed by atoms with E-state index in [4.69, 9.17) is 0 Å². The molecule has 0 saturated carbocycles. The molecule has 1 fully saturated rings. The first kappa shape index (κ1) is 18.7. The monoisotopic (exact) mass is 362 g/mol. The molecule has 0 aliphatic carbocycles. The van der Waals surface area contributed by atoms with E-state index in [9.17, 15) is 19.5 Å². The van der Waals surface area contributed by atoms with Crippen LogP contribution in [0.4, 0.5) is 5.69 Å². The van der Waals surface area contributed by atoms with Crippen molar-refractivity contribution in [2.45, 2.75) is 32.4 Å². The minimum Gasteiger partial charge on any atom is -0.478 e. The molecule has 2 amide bonds. The van der Waals surface area contributed by atoms with Crippen molar-refractivity contribution in [3.63, 3.8) is 0 Å². The molecule has 1 aromatic rings. The van der Waals surface area contributed by atoms with Gasteiger partial charge in [-0.3, -0.25) is 9.59 Å². The molecule has 3 N–H and O–H groups in total. The number of amides is 2. The summed E-state index contributed by atoms with van der Waals surface area (Å²) in [7, 11) is 0. The van der Waals surface area contributed by atoms with Gasteiger partial charge in [0.2, 0.25) is 11.8 Å². The second kappa shape index (κ2) is 7.93. The van der Waals surface area contributed by atoms with Gasteiger partial charge >= 0.3 is 5.97 Å². The van der Waals surface area contributed by atoms with Crippen molar-refractivity contribution in [3.05, 3.63) is 29.3 Å². The summed E-state index contributed by atoms with van der Waals surface area (Å²) in [5.41, 5.74) is 1.72. The molecular formula is C16H18N4O4S. The van der Waals surface area contributed by atoms with E-state index in [1.165, 1.54) is 12.1 Å². The van der Waals surface area contributed by atoms with Crippen LogP contribution in [0.3, 0.4) is 0 Å². The van der Waals surface area contributed by atoms with E-state index in [1.54, 1.807) is 26.8 Å². The van der Waals surface area contributed by atoms with Gasteiger partial charge in [-0.1, -0.05) is 23.4 Å². The number of nitrogens with one attached hydrogen (secondary N) is 2. The van der Waals surface area contributed by atoms with Gasteiger partial charge in [0.1, 0.15) is 5.25 Å². The lowest BCUT2D eigenvalue weighted by Gasteiger charge is -2.10. The Morgan fingerprint density at radius 1 is 1.36 bits per heavy atom. The summed E-state index contributed by atoms with van der Waals surface area (Å²) in [5.74, 6) is -1.91. The molecule has 1 aliphatic rings. The predicted octanol–water partition coefficient (Wildman–Crippen LogP) is 2.01. The van der Waals surface area contributed by atoms with Crippen molar-refractivity contribution in [3.8, 4) is 0 Å². The number of hydrogen-bond donors (Lipinski definition) is 3. The number of carboxylic acids is 1. The zero-order chi connectivity index (χ0) is 18.6. The van der Waals surface area contributed by atoms with Crippen molar-refractivity contribution in [2.24, 2.45) is 10.2 Å². The van der Waals surface area contributed by atoms with Gasteiger partial charge in [0, 0.05) is 12.1 Å². The molecule has 1 unspecified atom stereocenters. The molecule has 25 heavy (non-hydrogen) atoms. The maximum atomic E-state index is 12.2. The Morgan fingerprint density at radius 3 is 2.72 bits per heavy atom. The highest BCUT2D eigenvalue weighted by molar-refractivity contribution is 8.15. The quantitative estimate of drug-likeness (QED) is 0.546. The highest BCUT2D eigenvalue weighted by Crippen LogP contribution is 2.24. The third-order valence-electron chi connectivity index (χ3n) is 3.17. The number of benzene rings is 1. The summed E-state index contributed by atoms with van der Waals surface area (Å²) < 4.78 is 0. The van der Waals surface area contributed by atoms with Gasteiger partial charge in [-0.15, -0.1) is 5.10 Å². The Labute approximate surface area is 148 Å². The Hall–Kier alpha value is -2.68. The Bertz CT molecular complexity index is 784. The molecule has 0 bridgehead atoms. The van der Waals surface area contributed by atoms with E-state index in [0.717, 1.165) is 23.0 Å². The standard InChI is InChI=1S/C16H18N4O4S/c1-8(2)19-20-16-18-14(22)12(25-16)7-13(21)17-11-5-4-9(3)6-10(11)15(23)24/h4-6,12H,7H2,1-3H3,(H,17,21)(H,23,24)(H,18,20,22). The van der Waals surface area contributed by atoms with Crippen LogP contribution >= 0.6 is 11.8 Å². The van der Waals surface area contributed by atoms with Crippen LogP contribution in [0, 0.1) is 6.92 Å². The first-order valence-corrected chi connectivity index (χ1v) is 8.34. The normalized spacial score (nSPS) is 18.0. The molecule has 132 valence electrons. The maximum Gasteiger partial charge on any atom is 0.337 e. The van der Waals surface area contributed by atoms with Crippen LogP contribution in [-0.4, -0.2) is 39.0 Å². The molecule has 2 rings (SSSR count). The summed E-state index contributed by atoms with van der Waals surface area (Å²) in [6.07, 6.45) is -0.0999. The van der Waals surface area contributed by atoms with Gasteiger partial charge in [0.05, 0.1) is 11.3 Å². The lowest BCUT2D eigenvalue weighted by atomic mass is 10.1.